The summed E-state index contributed by atoms with van der Waals surface area (Å²) in [6.07, 6.45) is 1.11. The van der Waals surface area contributed by atoms with E-state index >= 15 is 0 Å². The molecule has 2 N–H and O–H groups in total. The normalized spacial score (nSPS) is 11.1. The summed E-state index contributed by atoms with van der Waals surface area (Å²) >= 11 is 5.37. The fraction of sp³-hybridized carbons (Fsp3) is 0.154. The van der Waals surface area contributed by atoms with Gasteiger partial charge in [-0.2, -0.15) is 0 Å². The molecule has 0 aliphatic rings. The zero-order valence-electron chi connectivity index (χ0n) is 9.63. The average Bonchev–Trinajstić information content (AvgIpc) is 2.97. The van der Waals surface area contributed by atoms with Crippen LogP contribution in [-0.2, 0) is 6.42 Å². The second kappa shape index (κ2) is 5.30. The number of anilines is 1. The van der Waals surface area contributed by atoms with Crippen LogP contribution in [0.1, 0.15) is 4.88 Å². The first-order valence-corrected chi connectivity index (χ1v) is 8.31. The molecule has 0 aliphatic heterocycles. The van der Waals surface area contributed by atoms with Crippen LogP contribution in [0.2, 0.25) is 0 Å². The van der Waals surface area contributed by atoms with Gasteiger partial charge in [0.05, 0.1) is 10.2 Å². The summed E-state index contributed by atoms with van der Waals surface area (Å²) in [6, 6.07) is 10.2. The molecule has 1 aromatic carbocycles. The smallest absolute Gasteiger partial charge is 0.151 e. The molecule has 3 rings (SSSR count). The van der Waals surface area contributed by atoms with E-state index in [0.717, 1.165) is 27.7 Å². The van der Waals surface area contributed by atoms with E-state index in [1.165, 1.54) is 9.58 Å². The highest BCUT2D eigenvalue weighted by molar-refractivity contribution is 8.01. The molecule has 2 heterocycles. The fourth-order valence-corrected chi connectivity index (χ4v) is 4.67. The van der Waals surface area contributed by atoms with E-state index in [1.807, 2.05) is 41.3 Å². The molecule has 92 valence electrons. The van der Waals surface area contributed by atoms with Crippen molar-refractivity contribution in [1.82, 2.24) is 4.98 Å². The van der Waals surface area contributed by atoms with Crippen LogP contribution >= 0.6 is 34.4 Å². The van der Waals surface area contributed by atoms with Gasteiger partial charge in [-0.3, -0.25) is 0 Å². The lowest BCUT2D eigenvalue weighted by Crippen LogP contribution is -1.83. The van der Waals surface area contributed by atoms with Crippen LogP contribution in [0.15, 0.2) is 40.1 Å². The molecular weight excluding hydrogens is 280 g/mol. The third-order valence-electron chi connectivity index (χ3n) is 2.55. The summed E-state index contributed by atoms with van der Waals surface area (Å²) in [5.74, 6) is 1.08. The summed E-state index contributed by atoms with van der Waals surface area (Å²) in [4.78, 5) is 6.04. The zero-order valence-corrected chi connectivity index (χ0v) is 12.1. The predicted molar refractivity (Wildman–Crippen MR) is 82.8 cm³/mol. The van der Waals surface area contributed by atoms with Crippen LogP contribution in [0, 0.1) is 0 Å². The molecular formula is C13H12N2S3. The van der Waals surface area contributed by atoms with Gasteiger partial charge >= 0.3 is 0 Å². The van der Waals surface area contributed by atoms with Crippen LogP contribution in [0.3, 0.4) is 0 Å². The van der Waals surface area contributed by atoms with Gasteiger partial charge in [-0.15, -0.1) is 22.7 Å². The van der Waals surface area contributed by atoms with Crippen molar-refractivity contribution in [2.24, 2.45) is 0 Å². The van der Waals surface area contributed by atoms with E-state index in [-0.39, 0.29) is 0 Å². The Balaban J connectivity index is 1.67. The third kappa shape index (κ3) is 2.68. The second-order valence-corrected chi connectivity index (χ2v) is 7.29. The first kappa shape index (κ1) is 12.0. The van der Waals surface area contributed by atoms with Gasteiger partial charge in [0.25, 0.3) is 0 Å². The second-order valence-electron chi connectivity index (χ2n) is 3.88. The number of nitrogens with zero attached hydrogens (tertiary/aromatic N) is 1. The molecule has 18 heavy (non-hydrogen) atoms. The number of rotatable bonds is 4. The number of hydrogen-bond donors (Lipinski definition) is 1. The van der Waals surface area contributed by atoms with Gasteiger partial charge in [0, 0.05) is 16.3 Å². The summed E-state index contributed by atoms with van der Waals surface area (Å²) in [5.41, 5.74) is 7.63. The topological polar surface area (TPSA) is 38.9 Å². The number of nitrogens with two attached hydrogens (primary N) is 1. The molecule has 0 aliphatic carbocycles. The van der Waals surface area contributed by atoms with Crippen molar-refractivity contribution in [3.05, 3.63) is 40.6 Å². The lowest BCUT2D eigenvalue weighted by atomic mass is 10.3. The fourth-order valence-electron chi connectivity index (χ4n) is 1.68. The van der Waals surface area contributed by atoms with Crippen LogP contribution in [-0.4, -0.2) is 10.7 Å². The van der Waals surface area contributed by atoms with E-state index in [2.05, 4.69) is 22.5 Å². The Morgan fingerprint density at radius 1 is 1.28 bits per heavy atom. The number of benzene rings is 1. The van der Waals surface area contributed by atoms with Crippen LogP contribution in [0.25, 0.3) is 10.2 Å². The maximum Gasteiger partial charge on any atom is 0.151 e. The quantitative estimate of drug-likeness (QED) is 0.576. The van der Waals surface area contributed by atoms with Crippen LogP contribution < -0.4 is 5.73 Å². The van der Waals surface area contributed by atoms with Crippen molar-refractivity contribution in [3.63, 3.8) is 0 Å². The highest BCUT2D eigenvalue weighted by Crippen LogP contribution is 2.31. The molecule has 0 atom stereocenters. The molecule has 0 saturated heterocycles. The molecule has 0 amide bonds. The standard InChI is InChI=1S/C13H12N2S3/c14-9-3-4-11-12(8-9)18-13(15-11)17-7-5-10-2-1-6-16-10/h1-4,6,8H,5,7,14H2. The first-order valence-electron chi connectivity index (χ1n) is 5.62. The Kier molecular flexibility index (Phi) is 3.54. The maximum absolute atomic E-state index is 5.77. The SMILES string of the molecule is Nc1ccc2nc(SCCc3cccs3)sc2c1. The number of thiazole rings is 1. The number of thioether (sulfide) groups is 1. The van der Waals surface area contributed by atoms with E-state index in [9.17, 15) is 0 Å². The van der Waals surface area contributed by atoms with Gasteiger partial charge in [0.1, 0.15) is 0 Å². The monoisotopic (exact) mass is 292 g/mol. The summed E-state index contributed by atoms with van der Waals surface area (Å²) < 4.78 is 2.31. The molecule has 5 heteroatoms. The first-order chi connectivity index (χ1) is 8.81. The number of fused-ring (bicyclic) bond motifs is 1. The summed E-state index contributed by atoms with van der Waals surface area (Å²) in [6.45, 7) is 0. The third-order valence-corrected chi connectivity index (χ3v) is 5.65. The molecule has 2 nitrogen and oxygen atoms in total. The minimum atomic E-state index is 0.807. The van der Waals surface area contributed by atoms with E-state index in [4.69, 9.17) is 5.73 Å². The number of aryl methyl sites for hydroxylation is 1. The van der Waals surface area contributed by atoms with Crippen molar-refractivity contribution >= 4 is 50.3 Å². The highest BCUT2D eigenvalue weighted by Gasteiger charge is 2.05. The van der Waals surface area contributed by atoms with Crippen molar-refractivity contribution in [2.45, 2.75) is 10.8 Å². The van der Waals surface area contributed by atoms with Gasteiger partial charge in [0.15, 0.2) is 4.34 Å². The Hall–Kier alpha value is -1.04. The largest absolute Gasteiger partial charge is 0.399 e. The molecule has 0 spiro atoms. The number of thiophene rings is 1. The number of hydrogen-bond acceptors (Lipinski definition) is 5. The molecule has 0 radical (unpaired) electrons. The average molecular weight is 292 g/mol. The van der Waals surface area contributed by atoms with Gasteiger partial charge < -0.3 is 5.73 Å². The molecule has 0 bridgehead atoms. The van der Waals surface area contributed by atoms with Gasteiger partial charge in [-0.1, -0.05) is 17.8 Å². The Labute approximate surface area is 118 Å². The lowest BCUT2D eigenvalue weighted by Gasteiger charge is -1.94. The summed E-state index contributed by atoms with van der Waals surface area (Å²) in [7, 11) is 0. The number of aromatic nitrogens is 1. The van der Waals surface area contributed by atoms with Crippen molar-refractivity contribution < 1.29 is 0 Å². The van der Waals surface area contributed by atoms with Gasteiger partial charge in [0.2, 0.25) is 0 Å². The van der Waals surface area contributed by atoms with E-state index in [1.54, 1.807) is 11.3 Å². The minimum absolute atomic E-state index is 0.807. The molecule has 3 aromatic rings. The van der Waals surface area contributed by atoms with Crippen molar-refractivity contribution in [2.75, 3.05) is 11.5 Å². The minimum Gasteiger partial charge on any atom is -0.399 e. The molecule has 2 aromatic heterocycles. The molecule has 0 fully saturated rings. The lowest BCUT2D eigenvalue weighted by molar-refractivity contribution is 1.19. The summed E-state index contributed by atoms with van der Waals surface area (Å²) in [5, 5.41) is 2.13. The Morgan fingerprint density at radius 2 is 2.22 bits per heavy atom. The van der Waals surface area contributed by atoms with Crippen molar-refractivity contribution in [1.29, 1.82) is 0 Å². The highest BCUT2D eigenvalue weighted by atomic mass is 32.2. The zero-order chi connectivity index (χ0) is 12.4. The Morgan fingerprint density at radius 3 is 3.06 bits per heavy atom. The van der Waals surface area contributed by atoms with Gasteiger partial charge in [-0.05, 0) is 36.1 Å². The number of nitrogen functional groups attached to an aromatic ring is 1. The Bertz CT molecular complexity index is 643. The van der Waals surface area contributed by atoms with Crippen LogP contribution in [0.5, 0.6) is 0 Å². The molecule has 0 unspecified atom stereocenters. The van der Waals surface area contributed by atoms with E-state index in [0.29, 0.717) is 0 Å². The van der Waals surface area contributed by atoms with Crippen LogP contribution in [0.4, 0.5) is 5.69 Å². The maximum atomic E-state index is 5.77. The van der Waals surface area contributed by atoms with Gasteiger partial charge in [-0.25, -0.2) is 4.98 Å². The predicted octanol–water partition coefficient (Wildman–Crippen LogP) is 4.27. The molecule has 0 saturated carbocycles. The van der Waals surface area contributed by atoms with Crippen molar-refractivity contribution in [3.8, 4) is 0 Å². The van der Waals surface area contributed by atoms with E-state index < -0.39 is 0 Å².